The largest absolute Gasteiger partial charge is 0.479 e. The molecule has 0 bridgehead atoms. The van der Waals surface area contributed by atoms with Crippen LogP contribution < -0.4 is 0 Å². The van der Waals surface area contributed by atoms with Gasteiger partial charge in [0.15, 0.2) is 0 Å². The van der Waals surface area contributed by atoms with E-state index in [1.54, 1.807) is 12.1 Å². The second-order valence-corrected chi connectivity index (χ2v) is 1.59. The molecule has 2 nitrogen and oxygen atoms in total. The number of carboxylic acid groups (broad SMARTS) is 1. The van der Waals surface area contributed by atoms with Crippen LogP contribution >= 0.6 is 0 Å². The molecule has 1 rings (SSSR count). The van der Waals surface area contributed by atoms with Gasteiger partial charge >= 0.3 is 5.97 Å². The first-order chi connectivity index (χ1) is 4.30. The first kappa shape index (κ1) is 9.18. The van der Waals surface area contributed by atoms with Crippen molar-refractivity contribution < 1.29 is 26.4 Å². The number of hydrogen-bond donors (Lipinski definition) is 1. The van der Waals surface area contributed by atoms with Crippen molar-refractivity contribution in [3.05, 3.63) is 35.9 Å². The van der Waals surface area contributed by atoms with Gasteiger partial charge in [0.05, 0.1) is 0 Å². The number of carbonyl (C=O) groups is 1. The van der Waals surface area contributed by atoms with Crippen LogP contribution in [0.3, 0.4) is 0 Å². The van der Waals surface area contributed by atoms with Crippen molar-refractivity contribution in [1.29, 1.82) is 0 Å². The fraction of sp³-hybridized carbons (Fsp3) is 0. The molecule has 1 aromatic rings. The molecular formula is C7H5NiO2-. The second-order valence-electron chi connectivity index (χ2n) is 1.59. The molecule has 0 fully saturated rings. The monoisotopic (exact) mass is 179 g/mol. The Morgan fingerprint density at radius 2 is 1.90 bits per heavy atom. The summed E-state index contributed by atoms with van der Waals surface area (Å²) in [4.78, 5) is 10.2. The van der Waals surface area contributed by atoms with Gasteiger partial charge in [-0.3, -0.25) is 0 Å². The third kappa shape index (κ3) is 2.20. The Kier molecular flexibility index (Phi) is 3.74. The quantitative estimate of drug-likeness (QED) is 0.520. The molecule has 1 aromatic carbocycles. The average molecular weight is 180 g/mol. The summed E-state index contributed by atoms with van der Waals surface area (Å²) in [5, 5.41) is 8.37. The molecule has 0 aliphatic carbocycles. The number of carboxylic acids is 1. The molecule has 0 atom stereocenters. The van der Waals surface area contributed by atoms with Gasteiger partial charge in [-0.2, -0.15) is 30.3 Å². The van der Waals surface area contributed by atoms with E-state index in [0.717, 1.165) is 0 Å². The van der Waals surface area contributed by atoms with Crippen molar-refractivity contribution >= 4 is 5.97 Å². The topological polar surface area (TPSA) is 37.3 Å². The van der Waals surface area contributed by atoms with Gasteiger partial charge in [0, 0.05) is 16.5 Å². The standard InChI is InChI=1S/C7H5O2.Ni/c8-7(9)6-4-2-1-3-5-6;/h2-5H,(H,8,9);/q-1;. The molecule has 0 unspecified atom stereocenters. The van der Waals surface area contributed by atoms with Crippen LogP contribution in [0.5, 0.6) is 0 Å². The molecule has 0 aliphatic rings. The van der Waals surface area contributed by atoms with E-state index in [1.807, 2.05) is 0 Å². The summed E-state index contributed by atoms with van der Waals surface area (Å²) in [7, 11) is 0. The van der Waals surface area contributed by atoms with E-state index in [-0.39, 0.29) is 16.5 Å². The summed E-state index contributed by atoms with van der Waals surface area (Å²) < 4.78 is 0. The third-order valence-corrected chi connectivity index (χ3v) is 0.965. The average Bonchev–Trinajstić information content (AvgIpc) is 1.90. The van der Waals surface area contributed by atoms with Gasteiger partial charge in [-0.1, -0.05) is 0 Å². The molecule has 56 valence electrons. The Morgan fingerprint density at radius 1 is 1.40 bits per heavy atom. The first-order valence-corrected chi connectivity index (χ1v) is 2.50. The molecule has 0 aliphatic heterocycles. The van der Waals surface area contributed by atoms with Crippen LogP contribution in [0, 0.1) is 6.07 Å². The third-order valence-electron chi connectivity index (χ3n) is 0.965. The number of aromatic carboxylic acids is 1. The summed E-state index contributed by atoms with van der Waals surface area (Å²) >= 11 is 0. The van der Waals surface area contributed by atoms with Gasteiger partial charge in [0.1, 0.15) is 0 Å². The van der Waals surface area contributed by atoms with Gasteiger partial charge < -0.3 is 5.11 Å². The molecule has 0 saturated carbocycles. The molecular weight excluding hydrogens is 175 g/mol. The minimum atomic E-state index is -0.899. The minimum absolute atomic E-state index is 0. The van der Waals surface area contributed by atoms with Gasteiger partial charge in [-0.25, -0.2) is 4.79 Å². The maximum Gasteiger partial charge on any atom is 0.311 e. The van der Waals surface area contributed by atoms with Crippen LogP contribution in [0.25, 0.3) is 0 Å². The van der Waals surface area contributed by atoms with Crippen molar-refractivity contribution in [1.82, 2.24) is 0 Å². The Bertz CT molecular complexity index is 208. The van der Waals surface area contributed by atoms with Crippen molar-refractivity contribution in [2.24, 2.45) is 0 Å². The van der Waals surface area contributed by atoms with Crippen molar-refractivity contribution in [2.45, 2.75) is 0 Å². The van der Waals surface area contributed by atoms with Crippen LogP contribution in [0.2, 0.25) is 0 Å². The molecule has 10 heavy (non-hydrogen) atoms. The predicted octanol–water partition coefficient (Wildman–Crippen LogP) is 1.18. The molecule has 0 aromatic heterocycles. The van der Waals surface area contributed by atoms with Crippen molar-refractivity contribution in [2.75, 3.05) is 0 Å². The zero-order valence-electron chi connectivity index (χ0n) is 4.98. The fourth-order valence-corrected chi connectivity index (χ4v) is 0.529. The fourth-order valence-electron chi connectivity index (χ4n) is 0.529. The summed E-state index contributed by atoms with van der Waals surface area (Å²) in [6.07, 6.45) is 0. The Labute approximate surface area is 68.8 Å². The molecule has 0 amide bonds. The van der Waals surface area contributed by atoms with Gasteiger partial charge in [0.2, 0.25) is 0 Å². The zero-order chi connectivity index (χ0) is 6.69. The molecule has 0 saturated heterocycles. The number of rotatable bonds is 1. The van der Waals surface area contributed by atoms with E-state index in [9.17, 15) is 4.79 Å². The normalized spacial score (nSPS) is 8.00. The first-order valence-electron chi connectivity index (χ1n) is 2.50. The molecule has 3 heteroatoms. The maximum absolute atomic E-state index is 10.2. The smallest absolute Gasteiger partial charge is 0.311 e. The van der Waals surface area contributed by atoms with Crippen LogP contribution in [-0.4, -0.2) is 11.1 Å². The van der Waals surface area contributed by atoms with Crippen LogP contribution in [-0.2, 0) is 16.5 Å². The van der Waals surface area contributed by atoms with Crippen molar-refractivity contribution in [3.63, 3.8) is 0 Å². The van der Waals surface area contributed by atoms with E-state index in [1.165, 1.54) is 12.1 Å². The summed E-state index contributed by atoms with van der Waals surface area (Å²) in [5.41, 5.74) is 0.300. The van der Waals surface area contributed by atoms with Gasteiger partial charge in [-0.05, 0) is 5.56 Å². The van der Waals surface area contributed by atoms with Crippen LogP contribution in [0.1, 0.15) is 10.4 Å². The van der Waals surface area contributed by atoms with E-state index in [4.69, 9.17) is 5.11 Å². The van der Waals surface area contributed by atoms with E-state index < -0.39 is 5.97 Å². The number of hydrogen-bond acceptors (Lipinski definition) is 1. The molecule has 0 heterocycles. The van der Waals surface area contributed by atoms with E-state index >= 15 is 0 Å². The van der Waals surface area contributed by atoms with Crippen LogP contribution in [0.4, 0.5) is 0 Å². The number of benzene rings is 1. The maximum atomic E-state index is 10.2. The summed E-state index contributed by atoms with van der Waals surface area (Å²) in [5.74, 6) is -0.899. The summed E-state index contributed by atoms with van der Waals surface area (Å²) in [6.45, 7) is 0. The summed E-state index contributed by atoms with van der Waals surface area (Å²) in [6, 6.07) is 8.87. The van der Waals surface area contributed by atoms with Gasteiger partial charge in [-0.15, -0.1) is 0 Å². The van der Waals surface area contributed by atoms with E-state index in [0.29, 0.717) is 5.56 Å². The Balaban J connectivity index is 0.000000810. The Hall–Kier alpha value is -0.816. The minimum Gasteiger partial charge on any atom is -0.479 e. The molecule has 0 spiro atoms. The second kappa shape index (κ2) is 4.07. The van der Waals surface area contributed by atoms with Crippen molar-refractivity contribution in [3.8, 4) is 0 Å². The Morgan fingerprint density at radius 3 is 2.20 bits per heavy atom. The van der Waals surface area contributed by atoms with Crippen LogP contribution in [0.15, 0.2) is 24.3 Å². The van der Waals surface area contributed by atoms with E-state index in [2.05, 4.69) is 6.07 Å². The zero-order valence-corrected chi connectivity index (χ0v) is 5.97. The molecule has 1 N–H and O–H groups in total. The SMILES string of the molecule is O=C(O)c1cc[c-]cc1.[Ni]. The predicted molar refractivity (Wildman–Crippen MR) is 32.2 cm³/mol. The molecule has 0 radical (unpaired) electrons. The van der Waals surface area contributed by atoms with Gasteiger partial charge in [0.25, 0.3) is 0 Å².